The number of piperidine rings is 1. The number of ether oxygens (including phenoxy) is 4. The molecule has 3 heterocycles. The van der Waals surface area contributed by atoms with Crippen molar-refractivity contribution < 1.29 is 52.4 Å². The number of nitrogens with zero attached hydrogens (tertiary/aromatic N) is 2. The second kappa shape index (κ2) is 19.5. The van der Waals surface area contributed by atoms with Gasteiger partial charge in [-0.3, -0.25) is 10.5 Å². The van der Waals surface area contributed by atoms with Crippen molar-refractivity contribution >= 4 is 46.5 Å². The number of methoxy groups -OCH3 is 1. The van der Waals surface area contributed by atoms with Crippen LogP contribution in [0, 0.1) is 5.92 Å². The molecular formula is C38H42Cl2F2N3O8S+. The number of carbonyl (C=O) groups excluding carboxylic acids is 1. The number of benzene rings is 2. The third-order valence-electron chi connectivity index (χ3n) is 9.14. The van der Waals surface area contributed by atoms with Crippen LogP contribution in [0.5, 0.6) is 11.5 Å². The van der Waals surface area contributed by atoms with Crippen LogP contribution >= 0.6 is 34.5 Å². The summed E-state index contributed by atoms with van der Waals surface area (Å²) in [5.41, 5.74) is 1.96. The number of aromatic nitrogens is 1. The van der Waals surface area contributed by atoms with Crippen LogP contribution in [-0.4, -0.2) is 80.8 Å². The summed E-state index contributed by atoms with van der Waals surface area (Å²) < 4.78 is 48.7. The smallest absolute Gasteiger partial charge is 0.387 e. The fourth-order valence-corrected chi connectivity index (χ4v) is 7.91. The summed E-state index contributed by atoms with van der Waals surface area (Å²) >= 11 is 14.1. The first-order valence-electron chi connectivity index (χ1n) is 17.2. The van der Waals surface area contributed by atoms with E-state index >= 15 is 0 Å². The summed E-state index contributed by atoms with van der Waals surface area (Å²) in [6, 6.07) is 14.4. The molecule has 2 aromatic heterocycles. The van der Waals surface area contributed by atoms with E-state index in [0.717, 1.165) is 37.3 Å². The van der Waals surface area contributed by atoms with Crippen LogP contribution in [0.3, 0.4) is 0 Å². The number of likely N-dealkylation sites (tertiary alicyclic amines) is 1. The van der Waals surface area contributed by atoms with Crippen molar-refractivity contribution in [3.8, 4) is 11.5 Å². The standard InChI is InChI=1S/C38H41Cl2F2N3O8S/c1-44-12-10-23(11-13-44)22-52-37(48)34(24-6-4-3-5-7-24)43-19-26-17-28(35(54-26)36(46)47)27(18-29-30(39)20-45(49)21-31(29)40)25-8-9-32(53-38(41)42)33(16-25)51-15-14-50-2/h3-9,16-17,20-21,23,27,34,38,43H,10-15,18-19,22H2,1-2H3,(H-,46,47,49)/p+1/t27-,34?/m0/s1. The first-order valence-corrected chi connectivity index (χ1v) is 18.8. The van der Waals surface area contributed by atoms with Crippen LogP contribution < -0.4 is 19.5 Å². The number of pyridine rings is 1. The lowest BCUT2D eigenvalue weighted by atomic mass is 9.85. The summed E-state index contributed by atoms with van der Waals surface area (Å²) in [5, 5.41) is 24.0. The minimum absolute atomic E-state index is 0.00746. The molecule has 0 radical (unpaired) electrons. The van der Waals surface area contributed by atoms with Gasteiger partial charge in [0, 0.05) is 34.7 Å². The zero-order chi connectivity index (χ0) is 38.8. The Morgan fingerprint density at radius 1 is 1.02 bits per heavy atom. The van der Waals surface area contributed by atoms with Crippen LogP contribution in [0.2, 0.25) is 10.0 Å². The molecule has 3 N–H and O–H groups in total. The zero-order valence-electron chi connectivity index (χ0n) is 29.7. The van der Waals surface area contributed by atoms with E-state index in [4.69, 9.17) is 42.1 Å². The molecule has 16 heteroatoms. The number of alkyl halides is 2. The lowest BCUT2D eigenvalue weighted by Gasteiger charge is -2.29. The maximum absolute atomic E-state index is 13.5. The number of aromatic carboxylic acids is 1. The average molecular weight is 810 g/mol. The van der Waals surface area contributed by atoms with Gasteiger partial charge in [0.1, 0.15) is 27.6 Å². The van der Waals surface area contributed by atoms with Crippen LogP contribution in [0.1, 0.15) is 61.6 Å². The monoisotopic (exact) mass is 808 g/mol. The van der Waals surface area contributed by atoms with E-state index in [1.807, 2.05) is 30.3 Å². The van der Waals surface area contributed by atoms with Crippen molar-refractivity contribution in [1.82, 2.24) is 10.2 Å². The molecule has 4 aromatic rings. The molecule has 2 aromatic carbocycles. The Bertz CT molecular complexity index is 1860. The number of rotatable bonds is 18. The molecule has 0 amide bonds. The number of thiophene rings is 1. The predicted molar refractivity (Wildman–Crippen MR) is 198 cm³/mol. The van der Waals surface area contributed by atoms with Crippen molar-refractivity contribution in [2.75, 3.05) is 47.1 Å². The Morgan fingerprint density at radius 2 is 1.72 bits per heavy atom. The minimum atomic E-state index is -3.12. The first-order chi connectivity index (χ1) is 25.9. The highest BCUT2D eigenvalue weighted by Gasteiger charge is 2.30. The van der Waals surface area contributed by atoms with Crippen molar-refractivity contribution in [3.63, 3.8) is 0 Å². The molecule has 1 unspecified atom stereocenters. The third kappa shape index (κ3) is 11.0. The summed E-state index contributed by atoms with van der Waals surface area (Å²) in [6.45, 7) is -0.630. The fourth-order valence-electron chi connectivity index (χ4n) is 6.30. The van der Waals surface area contributed by atoms with Gasteiger partial charge in [-0.15, -0.1) is 11.3 Å². The molecule has 0 spiro atoms. The molecule has 1 fully saturated rings. The second-order valence-corrected chi connectivity index (χ2v) is 14.9. The van der Waals surface area contributed by atoms with Gasteiger partial charge in [0.15, 0.2) is 11.5 Å². The maximum atomic E-state index is 13.5. The highest BCUT2D eigenvalue weighted by atomic mass is 35.5. The van der Waals surface area contributed by atoms with E-state index in [1.54, 1.807) is 6.07 Å². The lowest BCUT2D eigenvalue weighted by Crippen LogP contribution is -2.34. The van der Waals surface area contributed by atoms with Crippen LogP contribution in [-0.2, 0) is 27.2 Å². The van der Waals surface area contributed by atoms with Crippen molar-refractivity contribution in [2.24, 2.45) is 5.92 Å². The van der Waals surface area contributed by atoms with Gasteiger partial charge < -0.3 is 29.0 Å². The van der Waals surface area contributed by atoms with E-state index in [2.05, 4.69) is 17.3 Å². The van der Waals surface area contributed by atoms with Crippen molar-refractivity contribution in [1.29, 1.82) is 0 Å². The van der Waals surface area contributed by atoms with Crippen molar-refractivity contribution in [3.05, 3.63) is 109 Å². The Morgan fingerprint density at radius 3 is 2.37 bits per heavy atom. The van der Waals surface area contributed by atoms with Gasteiger partial charge >= 0.3 is 18.6 Å². The fraction of sp³-hybridized carbons (Fsp3) is 0.395. The highest BCUT2D eigenvalue weighted by Crippen LogP contribution is 2.41. The molecule has 2 atom stereocenters. The quantitative estimate of drug-likeness (QED) is 0.0419. The van der Waals surface area contributed by atoms with Gasteiger partial charge in [0.2, 0.25) is 12.4 Å². The maximum Gasteiger partial charge on any atom is 0.387 e. The number of carboxylic acid groups (broad SMARTS) is 1. The summed E-state index contributed by atoms with van der Waals surface area (Å²) in [4.78, 5) is 29.2. The Hall–Kier alpha value is -4.05. The highest BCUT2D eigenvalue weighted by molar-refractivity contribution is 7.14. The van der Waals surface area contributed by atoms with Crippen molar-refractivity contribution in [2.45, 2.75) is 44.4 Å². The molecule has 1 aliphatic rings. The van der Waals surface area contributed by atoms with Gasteiger partial charge in [0.25, 0.3) is 0 Å². The Balaban J connectivity index is 1.49. The Labute approximate surface area is 325 Å². The molecule has 0 saturated carbocycles. The van der Waals surface area contributed by atoms with Gasteiger partial charge in [-0.2, -0.15) is 8.78 Å². The summed E-state index contributed by atoms with van der Waals surface area (Å²) in [5.74, 6) is -2.35. The number of esters is 1. The predicted octanol–water partition coefficient (Wildman–Crippen LogP) is 7.00. The van der Waals surface area contributed by atoms with E-state index in [-0.39, 0.29) is 58.5 Å². The van der Waals surface area contributed by atoms with E-state index in [1.165, 1.54) is 37.7 Å². The molecule has 0 aliphatic carbocycles. The molecule has 0 bridgehead atoms. The van der Waals surface area contributed by atoms with Crippen LogP contribution in [0.4, 0.5) is 8.78 Å². The average Bonchev–Trinajstić information content (AvgIpc) is 3.56. The minimum Gasteiger partial charge on any atom is -0.487 e. The van der Waals surface area contributed by atoms with Gasteiger partial charge in [-0.1, -0.05) is 59.6 Å². The van der Waals surface area contributed by atoms with Crippen LogP contribution in [0.15, 0.2) is 67.0 Å². The van der Waals surface area contributed by atoms with E-state index < -0.39 is 30.5 Å². The van der Waals surface area contributed by atoms with Crippen LogP contribution in [0.25, 0.3) is 0 Å². The molecule has 1 aliphatic heterocycles. The number of nitrogens with one attached hydrogen (secondary N) is 1. The van der Waals surface area contributed by atoms with E-state index in [9.17, 15) is 28.7 Å². The number of halogens is 4. The first kappa shape index (κ1) is 41.1. The molecule has 5 rings (SSSR count). The largest absolute Gasteiger partial charge is 0.487 e. The molecule has 54 heavy (non-hydrogen) atoms. The zero-order valence-corrected chi connectivity index (χ0v) is 32.0. The molecule has 1 saturated heterocycles. The normalized spacial score (nSPS) is 14.9. The Kier molecular flexibility index (Phi) is 14.9. The molecule has 290 valence electrons. The number of hydrogen-bond acceptors (Lipinski definition) is 10. The summed E-state index contributed by atoms with van der Waals surface area (Å²) in [6.07, 6.45) is 4.41. The second-order valence-electron chi connectivity index (χ2n) is 12.9. The van der Waals surface area contributed by atoms with Gasteiger partial charge in [-0.25, -0.2) is 9.59 Å². The number of carbonyl (C=O) groups is 2. The SMILES string of the molecule is COCCOc1cc([C@H](Cc2c(Cl)c[n+](O)cc2Cl)c2cc(CNC(C(=O)OCC3CCN(C)CC3)c3ccccc3)sc2C(=O)O)ccc1OC(F)F. The van der Waals surface area contributed by atoms with E-state index in [0.29, 0.717) is 38.5 Å². The number of hydrogen-bond donors (Lipinski definition) is 3. The summed E-state index contributed by atoms with van der Waals surface area (Å²) in [7, 11) is 3.54. The van der Waals surface area contributed by atoms with Gasteiger partial charge in [-0.05, 0) is 80.2 Å². The number of carboxylic acids is 1. The molecule has 11 nitrogen and oxygen atoms in total. The lowest BCUT2D eigenvalue weighted by molar-refractivity contribution is -0.904. The van der Waals surface area contributed by atoms with Gasteiger partial charge in [0.05, 0.1) is 13.2 Å². The molecular weight excluding hydrogens is 767 g/mol. The topological polar surface area (TPSA) is 131 Å². The third-order valence-corrected chi connectivity index (χ3v) is 10.9.